The first kappa shape index (κ1) is 15.9. The zero-order valence-electron chi connectivity index (χ0n) is 14.3. The second kappa shape index (κ2) is 6.71. The van der Waals surface area contributed by atoms with Crippen LogP contribution in [0.5, 0.6) is 0 Å². The predicted octanol–water partition coefficient (Wildman–Crippen LogP) is 3.20. The van der Waals surface area contributed by atoms with Gasteiger partial charge in [-0.3, -0.25) is 9.88 Å². The highest BCUT2D eigenvalue weighted by molar-refractivity contribution is 5.71. The Balaban J connectivity index is 1.32. The molecule has 24 heavy (non-hydrogen) atoms. The first-order chi connectivity index (χ1) is 11.7. The molecular weight excluding hydrogens is 302 g/mol. The van der Waals surface area contributed by atoms with Gasteiger partial charge in [-0.15, -0.1) is 0 Å². The smallest absolute Gasteiger partial charge is 0.410 e. The molecule has 2 saturated heterocycles. The molecule has 0 atom stereocenters. The molecule has 1 aromatic rings. The maximum Gasteiger partial charge on any atom is 0.410 e. The molecule has 1 amide bonds. The van der Waals surface area contributed by atoms with Gasteiger partial charge >= 0.3 is 6.09 Å². The predicted molar refractivity (Wildman–Crippen MR) is 91.5 cm³/mol. The maximum atomic E-state index is 12.4. The Labute approximate surface area is 144 Å². The Morgan fingerprint density at radius 1 is 1.21 bits per heavy atom. The van der Waals surface area contributed by atoms with Crippen molar-refractivity contribution in [3.8, 4) is 0 Å². The standard InChI is InChI=1S/C19H27N3O2/c23-18-22(15-19(24-18)8-2-1-3-9-19)17-6-11-21(12-7-17)14-16-5-4-10-20-13-16/h4-5,10,13,17H,1-3,6-9,11-12,14-15H2. The molecule has 130 valence electrons. The summed E-state index contributed by atoms with van der Waals surface area (Å²) in [6.45, 7) is 3.85. The van der Waals surface area contributed by atoms with Crippen LogP contribution in [0.25, 0.3) is 0 Å². The van der Waals surface area contributed by atoms with E-state index in [4.69, 9.17) is 4.74 Å². The van der Waals surface area contributed by atoms with Crippen LogP contribution < -0.4 is 0 Å². The summed E-state index contributed by atoms with van der Waals surface area (Å²) in [5.74, 6) is 0. The number of aromatic nitrogens is 1. The molecule has 1 saturated carbocycles. The Morgan fingerprint density at radius 2 is 2.00 bits per heavy atom. The number of hydrogen-bond donors (Lipinski definition) is 0. The zero-order valence-corrected chi connectivity index (χ0v) is 14.3. The van der Waals surface area contributed by atoms with Crippen LogP contribution in [0.15, 0.2) is 24.5 Å². The Kier molecular flexibility index (Phi) is 4.44. The molecule has 1 aromatic heterocycles. The van der Waals surface area contributed by atoms with E-state index < -0.39 is 0 Å². The molecule has 0 aromatic carbocycles. The minimum atomic E-state index is -0.165. The first-order valence-electron chi connectivity index (χ1n) is 9.35. The van der Waals surface area contributed by atoms with Crippen molar-refractivity contribution < 1.29 is 9.53 Å². The van der Waals surface area contributed by atoms with E-state index in [-0.39, 0.29) is 11.7 Å². The van der Waals surface area contributed by atoms with Crippen LogP contribution in [-0.4, -0.2) is 52.2 Å². The molecule has 1 spiro atoms. The van der Waals surface area contributed by atoms with Crippen LogP contribution >= 0.6 is 0 Å². The van der Waals surface area contributed by atoms with Crippen molar-refractivity contribution >= 4 is 6.09 Å². The van der Waals surface area contributed by atoms with E-state index in [1.54, 1.807) is 0 Å². The number of piperidine rings is 1. The van der Waals surface area contributed by atoms with Crippen LogP contribution in [0.3, 0.4) is 0 Å². The summed E-state index contributed by atoms with van der Waals surface area (Å²) < 4.78 is 5.84. The first-order valence-corrected chi connectivity index (χ1v) is 9.35. The molecule has 2 aliphatic heterocycles. The van der Waals surface area contributed by atoms with Gasteiger partial charge in [0, 0.05) is 38.1 Å². The van der Waals surface area contributed by atoms with Gasteiger partial charge in [-0.25, -0.2) is 4.79 Å². The highest BCUT2D eigenvalue weighted by Gasteiger charge is 2.47. The summed E-state index contributed by atoms with van der Waals surface area (Å²) in [6, 6.07) is 4.47. The summed E-state index contributed by atoms with van der Waals surface area (Å²) in [4.78, 5) is 21.1. The Morgan fingerprint density at radius 3 is 2.71 bits per heavy atom. The van der Waals surface area contributed by atoms with Gasteiger partial charge in [-0.05, 0) is 50.2 Å². The van der Waals surface area contributed by atoms with Crippen LogP contribution in [0, 0.1) is 0 Å². The van der Waals surface area contributed by atoms with Crippen molar-refractivity contribution in [2.75, 3.05) is 19.6 Å². The number of nitrogens with zero attached hydrogens (tertiary/aromatic N) is 3. The lowest BCUT2D eigenvalue weighted by Gasteiger charge is -2.36. The van der Waals surface area contributed by atoms with E-state index in [1.165, 1.54) is 24.8 Å². The number of carbonyl (C=O) groups is 1. The van der Waals surface area contributed by atoms with Crippen molar-refractivity contribution in [1.82, 2.24) is 14.8 Å². The fraction of sp³-hybridized carbons (Fsp3) is 0.684. The molecule has 0 bridgehead atoms. The van der Waals surface area contributed by atoms with Gasteiger partial charge in [0.2, 0.25) is 0 Å². The van der Waals surface area contributed by atoms with Crippen LogP contribution in [0.2, 0.25) is 0 Å². The molecule has 3 aliphatic rings. The second-order valence-electron chi connectivity index (χ2n) is 7.61. The van der Waals surface area contributed by atoms with Crippen LogP contribution in [-0.2, 0) is 11.3 Å². The van der Waals surface area contributed by atoms with Gasteiger partial charge in [-0.1, -0.05) is 12.5 Å². The summed E-state index contributed by atoms with van der Waals surface area (Å²) >= 11 is 0. The number of likely N-dealkylation sites (tertiary alicyclic amines) is 1. The third-order valence-corrected chi connectivity index (χ3v) is 5.89. The van der Waals surface area contributed by atoms with Crippen molar-refractivity contribution in [2.24, 2.45) is 0 Å². The molecule has 4 rings (SSSR count). The fourth-order valence-corrected chi connectivity index (χ4v) is 4.52. The average Bonchev–Trinajstić information content (AvgIpc) is 2.93. The normalized spacial score (nSPS) is 25.2. The topological polar surface area (TPSA) is 45.7 Å². The van der Waals surface area contributed by atoms with Crippen molar-refractivity contribution in [2.45, 2.75) is 63.1 Å². The lowest BCUT2D eigenvalue weighted by Crippen LogP contribution is -2.46. The number of hydrogen-bond acceptors (Lipinski definition) is 4. The third-order valence-electron chi connectivity index (χ3n) is 5.89. The number of carbonyl (C=O) groups excluding carboxylic acids is 1. The Hall–Kier alpha value is -1.62. The average molecular weight is 329 g/mol. The van der Waals surface area contributed by atoms with E-state index in [9.17, 15) is 4.79 Å². The van der Waals surface area contributed by atoms with Crippen molar-refractivity contribution in [1.29, 1.82) is 0 Å². The molecule has 0 N–H and O–H groups in total. The quantitative estimate of drug-likeness (QED) is 0.854. The van der Waals surface area contributed by atoms with Crippen LogP contribution in [0.1, 0.15) is 50.5 Å². The molecule has 1 aliphatic carbocycles. The number of amides is 1. The van der Waals surface area contributed by atoms with Gasteiger partial charge in [0.15, 0.2) is 0 Å². The van der Waals surface area contributed by atoms with E-state index in [0.29, 0.717) is 6.04 Å². The van der Waals surface area contributed by atoms with E-state index >= 15 is 0 Å². The second-order valence-corrected chi connectivity index (χ2v) is 7.61. The maximum absolute atomic E-state index is 12.4. The molecular formula is C19H27N3O2. The molecule has 3 heterocycles. The van der Waals surface area contributed by atoms with Gasteiger partial charge in [0.1, 0.15) is 5.60 Å². The van der Waals surface area contributed by atoms with Gasteiger partial charge < -0.3 is 9.64 Å². The zero-order chi connectivity index (χ0) is 16.4. The Bertz CT molecular complexity index is 563. The number of rotatable bonds is 3. The molecule has 0 unspecified atom stereocenters. The highest BCUT2D eigenvalue weighted by atomic mass is 16.6. The van der Waals surface area contributed by atoms with E-state index in [0.717, 1.165) is 51.9 Å². The van der Waals surface area contributed by atoms with Crippen molar-refractivity contribution in [3.63, 3.8) is 0 Å². The summed E-state index contributed by atoms with van der Waals surface area (Å²) in [5.41, 5.74) is 1.10. The largest absolute Gasteiger partial charge is 0.441 e. The SMILES string of the molecule is O=C1OC2(CCCCC2)CN1C1CCN(Cc2cccnc2)CC1. The van der Waals surface area contributed by atoms with Gasteiger partial charge in [0.25, 0.3) is 0 Å². The van der Waals surface area contributed by atoms with Gasteiger partial charge in [0.05, 0.1) is 6.54 Å². The minimum Gasteiger partial charge on any atom is -0.441 e. The lowest BCUT2D eigenvalue weighted by atomic mass is 9.84. The van der Waals surface area contributed by atoms with Crippen LogP contribution in [0.4, 0.5) is 4.79 Å². The summed E-state index contributed by atoms with van der Waals surface area (Å²) in [7, 11) is 0. The lowest BCUT2D eigenvalue weighted by molar-refractivity contribution is 0.0259. The summed E-state index contributed by atoms with van der Waals surface area (Å²) in [5, 5.41) is 0. The molecule has 3 fully saturated rings. The molecule has 0 radical (unpaired) electrons. The highest BCUT2D eigenvalue weighted by Crippen LogP contribution is 2.38. The molecule has 5 nitrogen and oxygen atoms in total. The van der Waals surface area contributed by atoms with Gasteiger partial charge in [-0.2, -0.15) is 0 Å². The minimum absolute atomic E-state index is 0.0670. The van der Waals surface area contributed by atoms with E-state index in [2.05, 4.69) is 16.0 Å². The van der Waals surface area contributed by atoms with E-state index in [1.807, 2.05) is 23.4 Å². The monoisotopic (exact) mass is 329 g/mol. The number of pyridine rings is 1. The van der Waals surface area contributed by atoms with Crippen molar-refractivity contribution in [3.05, 3.63) is 30.1 Å². The number of ether oxygens (including phenoxy) is 1. The third kappa shape index (κ3) is 3.27. The molecule has 5 heteroatoms. The summed E-state index contributed by atoms with van der Waals surface area (Å²) in [6.07, 6.45) is 11.6. The fourth-order valence-electron chi connectivity index (χ4n) is 4.52.